The molecule has 2 aromatic rings. The molecule has 0 bridgehead atoms. The normalized spacial score (nSPS) is 13.9. The summed E-state index contributed by atoms with van der Waals surface area (Å²) in [5.74, 6) is 0.231. The molecule has 0 fully saturated rings. The number of nitrogens with zero attached hydrogens (tertiary/aromatic N) is 1. The quantitative estimate of drug-likeness (QED) is 0.854. The second kappa shape index (κ2) is 3.92. The second-order valence-corrected chi connectivity index (χ2v) is 3.64. The number of ether oxygens (including phenoxy) is 1. The number of H-pyrrole nitrogens is 1. The molecule has 17 heavy (non-hydrogen) atoms. The van der Waals surface area contributed by atoms with Crippen LogP contribution in [0.4, 0.5) is 13.2 Å². The van der Waals surface area contributed by atoms with Gasteiger partial charge in [-0.2, -0.15) is 0 Å². The van der Waals surface area contributed by atoms with Gasteiger partial charge >= 0.3 is 6.36 Å². The van der Waals surface area contributed by atoms with Crippen LogP contribution in [0.2, 0.25) is 0 Å². The molecule has 7 heteroatoms. The number of hydrogen-bond acceptors (Lipinski definition) is 3. The van der Waals surface area contributed by atoms with Crippen LogP contribution in [0.25, 0.3) is 11.0 Å². The third-order valence-electron chi connectivity index (χ3n) is 2.14. The summed E-state index contributed by atoms with van der Waals surface area (Å²) in [5, 5.41) is 0. The lowest BCUT2D eigenvalue weighted by molar-refractivity contribution is -0.274. The lowest BCUT2D eigenvalue weighted by Crippen LogP contribution is -2.16. The molecule has 2 rings (SSSR count). The third kappa shape index (κ3) is 2.68. The van der Waals surface area contributed by atoms with Crippen molar-refractivity contribution in [2.75, 3.05) is 0 Å². The number of fused-ring (bicyclic) bond motifs is 1. The Bertz CT molecular complexity index is 533. The molecule has 0 aliphatic rings. The molecular formula is C10H10F3N3O. The molecule has 0 unspecified atom stereocenters. The van der Waals surface area contributed by atoms with E-state index < -0.39 is 6.36 Å². The van der Waals surface area contributed by atoms with Gasteiger partial charge in [0, 0.05) is 6.07 Å². The molecule has 0 spiro atoms. The van der Waals surface area contributed by atoms with Crippen molar-refractivity contribution in [3.05, 3.63) is 24.0 Å². The van der Waals surface area contributed by atoms with Crippen LogP contribution in [0.3, 0.4) is 0 Å². The van der Waals surface area contributed by atoms with Gasteiger partial charge in [-0.25, -0.2) is 4.98 Å². The maximum absolute atomic E-state index is 12.0. The number of aromatic nitrogens is 2. The summed E-state index contributed by atoms with van der Waals surface area (Å²) in [5.41, 5.74) is 6.62. The van der Waals surface area contributed by atoms with Crippen molar-refractivity contribution < 1.29 is 17.9 Å². The van der Waals surface area contributed by atoms with E-state index >= 15 is 0 Å². The van der Waals surface area contributed by atoms with E-state index in [-0.39, 0.29) is 11.8 Å². The van der Waals surface area contributed by atoms with Crippen LogP contribution in [0.15, 0.2) is 18.2 Å². The van der Waals surface area contributed by atoms with Gasteiger partial charge < -0.3 is 15.5 Å². The lowest BCUT2D eigenvalue weighted by Gasteiger charge is -2.07. The summed E-state index contributed by atoms with van der Waals surface area (Å²) in [6, 6.07) is 3.58. The van der Waals surface area contributed by atoms with E-state index in [1.165, 1.54) is 18.2 Å². The molecule has 1 heterocycles. The molecule has 1 aromatic heterocycles. The number of aromatic amines is 1. The summed E-state index contributed by atoms with van der Waals surface area (Å²) >= 11 is 0. The van der Waals surface area contributed by atoms with E-state index in [1.54, 1.807) is 6.92 Å². The molecular weight excluding hydrogens is 235 g/mol. The number of hydrogen-bond donors (Lipinski definition) is 2. The van der Waals surface area contributed by atoms with Gasteiger partial charge in [-0.05, 0) is 19.1 Å². The van der Waals surface area contributed by atoms with Crippen LogP contribution in [-0.4, -0.2) is 16.3 Å². The van der Waals surface area contributed by atoms with Crippen molar-refractivity contribution in [1.82, 2.24) is 9.97 Å². The van der Waals surface area contributed by atoms with Crippen molar-refractivity contribution in [3.63, 3.8) is 0 Å². The second-order valence-electron chi connectivity index (χ2n) is 3.64. The Kier molecular flexibility index (Phi) is 2.70. The van der Waals surface area contributed by atoms with Crippen molar-refractivity contribution in [1.29, 1.82) is 0 Å². The SMILES string of the molecule is C[C@H](N)c1nc2ccc(OC(F)(F)F)cc2[nH]1. The van der Waals surface area contributed by atoms with Crippen LogP contribution in [0.5, 0.6) is 5.75 Å². The molecule has 0 saturated carbocycles. The van der Waals surface area contributed by atoms with Gasteiger partial charge in [0.05, 0.1) is 17.1 Å². The number of nitrogens with two attached hydrogens (primary N) is 1. The molecule has 0 saturated heterocycles. The molecule has 1 aromatic carbocycles. The molecule has 3 N–H and O–H groups in total. The third-order valence-corrected chi connectivity index (χ3v) is 2.14. The Balaban J connectivity index is 2.37. The Labute approximate surface area is 94.6 Å². The highest BCUT2D eigenvalue weighted by Gasteiger charge is 2.31. The summed E-state index contributed by atoms with van der Waals surface area (Å²) in [6.07, 6.45) is -4.70. The Morgan fingerprint density at radius 3 is 2.71 bits per heavy atom. The first-order valence-electron chi connectivity index (χ1n) is 4.86. The fourth-order valence-electron chi connectivity index (χ4n) is 1.42. The summed E-state index contributed by atoms with van der Waals surface area (Å²) in [6.45, 7) is 1.73. The highest BCUT2D eigenvalue weighted by Crippen LogP contribution is 2.26. The predicted molar refractivity (Wildman–Crippen MR) is 55.4 cm³/mol. The lowest BCUT2D eigenvalue weighted by atomic mass is 10.3. The molecule has 0 radical (unpaired) electrons. The topological polar surface area (TPSA) is 63.9 Å². The van der Waals surface area contributed by atoms with Crippen molar-refractivity contribution in [3.8, 4) is 5.75 Å². The minimum absolute atomic E-state index is 0.287. The van der Waals surface area contributed by atoms with E-state index in [0.717, 1.165) is 0 Å². The average molecular weight is 245 g/mol. The average Bonchev–Trinajstić information content (AvgIpc) is 2.57. The summed E-state index contributed by atoms with van der Waals surface area (Å²) in [7, 11) is 0. The van der Waals surface area contributed by atoms with Gasteiger partial charge in [0.2, 0.25) is 0 Å². The standard InChI is InChI=1S/C10H10F3N3O/c1-5(14)9-15-7-3-2-6(4-8(7)16-9)17-10(11,12)13/h2-5H,14H2,1H3,(H,15,16)/t5-/m0/s1. The largest absolute Gasteiger partial charge is 0.573 e. The number of alkyl halides is 3. The van der Waals surface area contributed by atoms with E-state index in [1.807, 2.05) is 0 Å². The number of benzene rings is 1. The zero-order chi connectivity index (χ0) is 12.6. The van der Waals surface area contributed by atoms with Gasteiger partial charge in [0.25, 0.3) is 0 Å². The molecule has 0 amide bonds. The molecule has 1 atom stereocenters. The Morgan fingerprint density at radius 2 is 2.12 bits per heavy atom. The number of rotatable bonds is 2. The van der Waals surface area contributed by atoms with E-state index in [0.29, 0.717) is 16.9 Å². The fourth-order valence-corrected chi connectivity index (χ4v) is 1.42. The van der Waals surface area contributed by atoms with Gasteiger partial charge in [-0.15, -0.1) is 13.2 Å². The first-order chi connectivity index (χ1) is 7.85. The van der Waals surface area contributed by atoms with Crippen LogP contribution < -0.4 is 10.5 Å². The minimum Gasteiger partial charge on any atom is -0.406 e. The number of imidazole rings is 1. The van der Waals surface area contributed by atoms with Crippen molar-refractivity contribution in [2.24, 2.45) is 5.73 Å². The van der Waals surface area contributed by atoms with E-state index in [9.17, 15) is 13.2 Å². The molecule has 92 valence electrons. The Hall–Kier alpha value is -1.76. The van der Waals surface area contributed by atoms with Gasteiger partial charge in [0.1, 0.15) is 11.6 Å². The van der Waals surface area contributed by atoms with Crippen molar-refractivity contribution in [2.45, 2.75) is 19.3 Å². The number of halogens is 3. The monoisotopic (exact) mass is 245 g/mol. The smallest absolute Gasteiger partial charge is 0.406 e. The zero-order valence-corrected chi connectivity index (χ0v) is 8.88. The maximum atomic E-state index is 12.0. The summed E-state index contributed by atoms with van der Waals surface area (Å²) in [4.78, 5) is 6.97. The maximum Gasteiger partial charge on any atom is 0.573 e. The molecule has 0 aliphatic carbocycles. The molecule has 4 nitrogen and oxygen atoms in total. The van der Waals surface area contributed by atoms with E-state index in [4.69, 9.17) is 5.73 Å². The zero-order valence-electron chi connectivity index (χ0n) is 8.88. The van der Waals surface area contributed by atoms with Gasteiger partial charge in [-0.3, -0.25) is 0 Å². The van der Waals surface area contributed by atoms with E-state index in [2.05, 4.69) is 14.7 Å². The van der Waals surface area contributed by atoms with Gasteiger partial charge in [0.15, 0.2) is 0 Å². The van der Waals surface area contributed by atoms with Crippen LogP contribution in [0, 0.1) is 0 Å². The van der Waals surface area contributed by atoms with Crippen LogP contribution >= 0.6 is 0 Å². The number of nitrogens with one attached hydrogen (secondary N) is 1. The molecule has 0 aliphatic heterocycles. The van der Waals surface area contributed by atoms with Gasteiger partial charge in [-0.1, -0.05) is 0 Å². The minimum atomic E-state index is -4.70. The predicted octanol–water partition coefficient (Wildman–Crippen LogP) is 2.48. The first kappa shape index (κ1) is 11.7. The van der Waals surface area contributed by atoms with Crippen LogP contribution in [0.1, 0.15) is 18.8 Å². The van der Waals surface area contributed by atoms with Crippen LogP contribution in [-0.2, 0) is 0 Å². The van der Waals surface area contributed by atoms with Crippen molar-refractivity contribution >= 4 is 11.0 Å². The summed E-state index contributed by atoms with van der Waals surface area (Å²) < 4.78 is 39.8. The Morgan fingerprint density at radius 1 is 1.41 bits per heavy atom. The highest BCUT2D eigenvalue weighted by atomic mass is 19.4. The first-order valence-corrected chi connectivity index (χ1v) is 4.86. The fraction of sp³-hybridized carbons (Fsp3) is 0.300. The highest BCUT2D eigenvalue weighted by molar-refractivity contribution is 5.76.